The molecule has 5 atom stereocenters. The lowest BCUT2D eigenvalue weighted by Gasteiger charge is -2.27. The van der Waals surface area contributed by atoms with E-state index in [4.69, 9.17) is 20.5 Å². The Hall–Kier alpha value is -1.90. The van der Waals surface area contributed by atoms with Gasteiger partial charge in [0.2, 0.25) is 11.8 Å². The summed E-state index contributed by atoms with van der Waals surface area (Å²) >= 11 is 4.02. The lowest BCUT2D eigenvalue weighted by Crippen LogP contribution is -2.57. The first-order valence-electron chi connectivity index (χ1n) is 8.63. The number of carboxylic acids is 2. The molecule has 0 aliphatic heterocycles. The highest BCUT2D eigenvalue weighted by Crippen LogP contribution is 2.12. The highest BCUT2D eigenvalue weighted by Gasteiger charge is 2.33. The molecule has 0 saturated heterocycles. The van der Waals surface area contributed by atoms with Gasteiger partial charge < -0.3 is 26.6 Å². The van der Waals surface area contributed by atoms with Crippen LogP contribution in [0.5, 0.6) is 0 Å². The van der Waals surface area contributed by atoms with Crippen molar-refractivity contribution in [1.82, 2.24) is 10.6 Å². The minimum atomic E-state index is -4.28. The van der Waals surface area contributed by atoms with Crippen LogP contribution in [0, 0.1) is 5.92 Å². The summed E-state index contributed by atoms with van der Waals surface area (Å²) in [6.45, 7) is 3.34. The second-order valence-corrected chi connectivity index (χ2v) is 8.68. The van der Waals surface area contributed by atoms with E-state index in [0.29, 0.717) is 6.42 Å². The summed E-state index contributed by atoms with van der Waals surface area (Å²) in [6.07, 6.45) is -0.695. The van der Waals surface area contributed by atoms with E-state index in [-0.39, 0.29) is 6.42 Å². The van der Waals surface area contributed by atoms with E-state index in [1.165, 1.54) is 0 Å². The molecule has 0 fully saturated rings. The van der Waals surface area contributed by atoms with Gasteiger partial charge in [-0.15, -0.1) is 0 Å². The van der Waals surface area contributed by atoms with Gasteiger partial charge in [0, 0.05) is 6.04 Å². The Labute approximate surface area is 173 Å². The van der Waals surface area contributed by atoms with Crippen molar-refractivity contribution in [2.45, 2.75) is 56.5 Å². The Morgan fingerprint density at radius 1 is 1.10 bits per heavy atom. The first-order chi connectivity index (χ1) is 13.2. The molecule has 0 saturated carbocycles. The number of carbonyl (C=O) groups excluding carboxylic acids is 2. The number of rotatable bonds is 13. The van der Waals surface area contributed by atoms with Crippen LogP contribution in [0.4, 0.5) is 0 Å². The van der Waals surface area contributed by atoms with Crippen LogP contribution < -0.4 is 16.4 Å². The molecule has 0 aromatic rings. The fourth-order valence-corrected chi connectivity index (χ4v) is 3.01. The fraction of sp³-hybridized carbons (Fsp3) is 0.733. The summed E-state index contributed by atoms with van der Waals surface area (Å²) in [5.74, 6) is -5.80. The van der Waals surface area contributed by atoms with Crippen molar-refractivity contribution < 1.29 is 42.4 Å². The maximum Gasteiger partial charge on any atom is 0.326 e. The Kier molecular flexibility index (Phi) is 11.2. The normalized spacial score (nSPS) is 16.7. The SMILES string of the molecule is CC[C@H](C)[C@H](NC(=O)[C@@H](S)[C@H](N)CCS(=O)(=O)O)C(=O)N[C@@H](CC(=O)O)C(=O)O. The van der Waals surface area contributed by atoms with Crippen LogP contribution in [0.3, 0.4) is 0 Å². The molecule has 0 radical (unpaired) electrons. The molecule has 29 heavy (non-hydrogen) atoms. The number of hydrogen-bond acceptors (Lipinski definition) is 8. The third-order valence-electron chi connectivity index (χ3n) is 4.17. The molecule has 14 heteroatoms. The standard InChI is InChI=1S/C15H27N3O9S2/c1-3-7(2)11(13(21)17-9(15(23)24)6-10(19)20)18-14(22)12(28)8(16)4-5-29(25,26)27/h7-9,11-12,28H,3-6,16H2,1-2H3,(H,17,21)(H,18,22)(H,19,20)(H,23,24)(H,25,26,27)/t7-,8+,9-,11-,12-/m0/s1. The summed E-state index contributed by atoms with van der Waals surface area (Å²) < 4.78 is 30.3. The van der Waals surface area contributed by atoms with Gasteiger partial charge in [-0.2, -0.15) is 21.0 Å². The molecule has 2 amide bonds. The van der Waals surface area contributed by atoms with Crippen LogP contribution in [-0.2, 0) is 29.3 Å². The van der Waals surface area contributed by atoms with Crippen molar-refractivity contribution in [2.24, 2.45) is 11.7 Å². The van der Waals surface area contributed by atoms with Gasteiger partial charge in [0.1, 0.15) is 12.1 Å². The van der Waals surface area contributed by atoms with E-state index in [2.05, 4.69) is 23.3 Å². The summed E-state index contributed by atoms with van der Waals surface area (Å²) in [5.41, 5.74) is 5.70. The minimum absolute atomic E-state index is 0.264. The van der Waals surface area contributed by atoms with Crippen molar-refractivity contribution in [3.63, 3.8) is 0 Å². The number of thiol groups is 1. The highest BCUT2D eigenvalue weighted by molar-refractivity contribution is 7.85. The van der Waals surface area contributed by atoms with E-state index in [1.807, 2.05) is 0 Å². The summed E-state index contributed by atoms with van der Waals surface area (Å²) in [4.78, 5) is 46.7. The van der Waals surface area contributed by atoms with Gasteiger partial charge >= 0.3 is 11.9 Å². The number of carboxylic acid groups (broad SMARTS) is 2. The van der Waals surface area contributed by atoms with Gasteiger partial charge in [0.05, 0.1) is 17.4 Å². The van der Waals surface area contributed by atoms with Crippen LogP contribution in [0.25, 0.3) is 0 Å². The number of amides is 2. The van der Waals surface area contributed by atoms with Gasteiger partial charge in [-0.05, 0) is 12.3 Å². The molecule has 0 rings (SSSR count). The third kappa shape index (κ3) is 10.4. The highest BCUT2D eigenvalue weighted by atomic mass is 32.2. The monoisotopic (exact) mass is 457 g/mol. The second-order valence-electron chi connectivity index (χ2n) is 6.55. The van der Waals surface area contributed by atoms with E-state index in [9.17, 15) is 27.6 Å². The van der Waals surface area contributed by atoms with Crippen molar-refractivity contribution in [3.8, 4) is 0 Å². The van der Waals surface area contributed by atoms with E-state index in [0.717, 1.165) is 0 Å². The number of nitrogens with one attached hydrogen (secondary N) is 2. The van der Waals surface area contributed by atoms with E-state index >= 15 is 0 Å². The van der Waals surface area contributed by atoms with Gasteiger partial charge in [0.25, 0.3) is 10.1 Å². The van der Waals surface area contributed by atoms with Crippen LogP contribution >= 0.6 is 12.6 Å². The predicted octanol–water partition coefficient (Wildman–Crippen LogP) is -1.53. The Morgan fingerprint density at radius 3 is 2.07 bits per heavy atom. The minimum Gasteiger partial charge on any atom is -0.481 e. The summed E-state index contributed by atoms with van der Waals surface area (Å²) in [6, 6.07) is -3.95. The number of carbonyl (C=O) groups is 4. The van der Waals surface area contributed by atoms with Crippen molar-refractivity contribution in [2.75, 3.05) is 5.75 Å². The molecule has 0 bridgehead atoms. The van der Waals surface area contributed by atoms with Crippen LogP contribution in [0.1, 0.15) is 33.1 Å². The van der Waals surface area contributed by atoms with Crippen molar-refractivity contribution in [1.29, 1.82) is 0 Å². The lowest BCUT2D eigenvalue weighted by molar-refractivity contribution is -0.147. The zero-order chi connectivity index (χ0) is 22.9. The molecule has 168 valence electrons. The number of hydrogen-bond donors (Lipinski definition) is 7. The zero-order valence-corrected chi connectivity index (χ0v) is 17.7. The lowest BCUT2D eigenvalue weighted by atomic mass is 9.97. The molecular weight excluding hydrogens is 430 g/mol. The first-order valence-corrected chi connectivity index (χ1v) is 10.8. The third-order valence-corrected chi connectivity index (χ3v) is 5.54. The summed E-state index contributed by atoms with van der Waals surface area (Å²) in [5, 5.41) is 21.1. The van der Waals surface area contributed by atoms with E-state index in [1.54, 1.807) is 13.8 Å². The molecule has 12 nitrogen and oxygen atoms in total. The quantitative estimate of drug-likeness (QED) is 0.125. The smallest absolute Gasteiger partial charge is 0.326 e. The van der Waals surface area contributed by atoms with Gasteiger partial charge in [-0.3, -0.25) is 18.9 Å². The second kappa shape index (κ2) is 11.9. The number of aliphatic carboxylic acids is 2. The maximum absolute atomic E-state index is 12.5. The summed E-state index contributed by atoms with van der Waals surface area (Å²) in [7, 11) is -4.28. The van der Waals surface area contributed by atoms with E-state index < -0.39 is 75.3 Å². The molecule has 0 unspecified atom stereocenters. The Morgan fingerprint density at radius 2 is 1.66 bits per heavy atom. The first kappa shape index (κ1) is 27.1. The average molecular weight is 458 g/mol. The Balaban J connectivity index is 5.22. The van der Waals surface area contributed by atoms with Crippen LogP contribution in [0.2, 0.25) is 0 Å². The van der Waals surface area contributed by atoms with Crippen LogP contribution in [0.15, 0.2) is 0 Å². The molecule has 0 aliphatic carbocycles. The Bertz CT molecular complexity index is 714. The zero-order valence-electron chi connectivity index (χ0n) is 15.9. The average Bonchev–Trinajstić information content (AvgIpc) is 2.60. The molecule has 0 aromatic heterocycles. The number of nitrogens with two attached hydrogens (primary N) is 1. The van der Waals surface area contributed by atoms with Gasteiger partial charge in [-0.1, -0.05) is 20.3 Å². The predicted molar refractivity (Wildman–Crippen MR) is 105 cm³/mol. The molecule has 0 heterocycles. The van der Waals surface area contributed by atoms with Crippen molar-refractivity contribution in [3.05, 3.63) is 0 Å². The largest absolute Gasteiger partial charge is 0.481 e. The topological polar surface area (TPSA) is 213 Å². The molecule has 0 spiro atoms. The maximum atomic E-state index is 12.5. The molecular formula is C15H27N3O9S2. The molecule has 0 aliphatic rings. The molecule has 7 N–H and O–H groups in total. The fourth-order valence-electron chi connectivity index (χ4n) is 2.21. The van der Waals surface area contributed by atoms with Gasteiger partial charge in [0.15, 0.2) is 0 Å². The van der Waals surface area contributed by atoms with Crippen LogP contribution in [-0.4, -0.2) is 76.1 Å². The van der Waals surface area contributed by atoms with Gasteiger partial charge in [-0.25, -0.2) is 4.79 Å². The van der Waals surface area contributed by atoms with Crippen molar-refractivity contribution >= 4 is 46.5 Å². The molecule has 0 aromatic carbocycles.